The summed E-state index contributed by atoms with van der Waals surface area (Å²) >= 11 is 6.27. The quantitative estimate of drug-likeness (QED) is 0.472. The summed E-state index contributed by atoms with van der Waals surface area (Å²) < 4.78 is 0. The molecule has 0 saturated heterocycles. The Morgan fingerprint density at radius 3 is 2.24 bits per heavy atom. The highest BCUT2D eigenvalue weighted by atomic mass is 35.5. The van der Waals surface area contributed by atoms with Gasteiger partial charge in [-0.3, -0.25) is 14.4 Å². The average molecular weight is 474 g/mol. The molecule has 34 heavy (non-hydrogen) atoms. The molecule has 6 nitrogen and oxygen atoms in total. The van der Waals surface area contributed by atoms with E-state index in [2.05, 4.69) is 10.6 Å². The Labute approximate surface area is 203 Å². The van der Waals surface area contributed by atoms with Gasteiger partial charge in [0.2, 0.25) is 0 Å². The number of carbonyl (C=O) groups excluding carboxylic acids is 3. The number of nitrogens with one attached hydrogen (secondary N) is 2. The van der Waals surface area contributed by atoms with Crippen LogP contribution in [0, 0.1) is 27.7 Å². The third kappa shape index (κ3) is 4.32. The minimum atomic E-state index is -0.598. The second kappa shape index (κ2) is 9.15. The van der Waals surface area contributed by atoms with E-state index in [1.165, 1.54) is 0 Å². The van der Waals surface area contributed by atoms with Gasteiger partial charge in [0.15, 0.2) is 0 Å². The minimum Gasteiger partial charge on any atom is -0.349 e. The first-order chi connectivity index (χ1) is 16.2. The van der Waals surface area contributed by atoms with Crippen molar-refractivity contribution in [3.63, 3.8) is 0 Å². The van der Waals surface area contributed by atoms with Crippen molar-refractivity contribution in [2.45, 2.75) is 27.7 Å². The molecule has 0 aromatic heterocycles. The van der Waals surface area contributed by atoms with Gasteiger partial charge in [0.1, 0.15) is 10.7 Å². The van der Waals surface area contributed by atoms with Crippen LogP contribution in [-0.2, 0) is 9.59 Å². The minimum absolute atomic E-state index is 0.0255. The van der Waals surface area contributed by atoms with Crippen LogP contribution >= 0.6 is 11.6 Å². The van der Waals surface area contributed by atoms with E-state index in [1.54, 1.807) is 30.3 Å². The van der Waals surface area contributed by atoms with Crippen LogP contribution < -0.4 is 15.5 Å². The van der Waals surface area contributed by atoms with Gasteiger partial charge in [-0.15, -0.1) is 0 Å². The number of benzene rings is 3. The number of nitrogens with zero attached hydrogens (tertiary/aromatic N) is 1. The summed E-state index contributed by atoms with van der Waals surface area (Å²) in [4.78, 5) is 39.8. The highest BCUT2D eigenvalue weighted by Crippen LogP contribution is 2.31. The number of hydrogen-bond donors (Lipinski definition) is 2. The third-order valence-electron chi connectivity index (χ3n) is 5.93. The first-order valence-corrected chi connectivity index (χ1v) is 11.2. The van der Waals surface area contributed by atoms with E-state index in [-0.39, 0.29) is 16.6 Å². The fourth-order valence-corrected chi connectivity index (χ4v) is 3.87. The van der Waals surface area contributed by atoms with Gasteiger partial charge in [0, 0.05) is 16.9 Å². The molecule has 2 N–H and O–H groups in total. The van der Waals surface area contributed by atoms with Crippen molar-refractivity contribution in [2.75, 3.05) is 15.5 Å². The summed E-state index contributed by atoms with van der Waals surface area (Å²) in [5.41, 5.74) is 5.91. The Balaban J connectivity index is 1.59. The summed E-state index contributed by atoms with van der Waals surface area (Å²) in [6.45, 7) is 7.68. The number of rotatable bonds is 5. The molecular formula is C27H24ClN3O3. The number of hydrogen-bond acceptors (Lipinski definition) is 4. The maximum Gasteiger partial charge on any atom is 0.283 e. The lowest BCUT2D eigenvalue weighted by Crippen LogP contribution is -2.32. The smallest absolute Gasteiger partial charge is 0.283 e. The zero-order chi connectivity index (χ0) is 24.6. The van der Waals surface area contributed by atoms with E-state index in [4.69, 9.17) is 11.6 Å². The number of amides is 3. The van der Waals surface area contributed by atoms with Crippen molar-refractivity contribution in [3.8, 4) is 0 Å². The van der Waals surface area contributed by atoms with Crippen LogP contribution in [0.2, 0.25) is 0 Å². The normalized spacial score (nSPS) is 13.5. The molecule has 0 aliphatic carbocycles. The van der Waals surface area contributed by atoms with Gasteiger partial charge in [0.25, 0.3) is 17.7 Å². The summed E-state index contributed by atoms with van der Waals surface area (Å²) in [7, 11) is 0. The summed E-state index contributed by atoms with van der Waals surface area (Å²) in [6, 6.07) is 17.9. The molecule has 172 valence electrons. The van der Waals surface area contributed by atoms with E-state index in [0.717, 1.165) is 32.8 Å². The molecule has 0 bridgehead atoms. The first kappa shape index (κ1) is 23.3. The standard InChI is InChI=1S/C27H24ClN3O3/c1-15-8-12-20(13-9-15)31-26(33)23(28)24(27(31)34)29-22-14-19(11-10-17(22)3)25(32)30-21-7-5-6-16(2)18(21)4/h5-14,29H,1-4H3,(H,30,32). The first-order valence-electron chi connectivity index (χ1n) is 10.8. The molecular weight excluding hydrogens is 450 g/mol. The lowest BCUT2D eigenvalue weighted by Gasteiger charge is -2.16. The van der Waals surface area contributed by atoms with Crippen molar-refractivity contribution in [2.24, 2.45) is 0 Å². The van der Waals surface area contributed by atoms with Crippen LogP contribution in [0.4, 0.5) is 17.1 Å². The lowest BCUT2D eigenvalue weighted by molar-refractivity contribution is -0.120. The van der Waals surface area contributed by atoms with Gasteiger partial charge >= 0.3 is 0 Å². The highest BCUT2D eigenvalue weighted by molar-refractivity contribution is 6.53. The summed E-state index contributed by atoms with van der Waals surface area (Å²) in [5.74, 6) is -1.44. The van der Waals surface area contributed by atoms with Crippen molar-refractivity contribution >= 4 is 46.4 Å². The number of imide groups is 1. The number of anilines is 3. The van der Waals surface area contributed by atoms with Crippen LogP contribution in [0.3, 0.4) is 0 Å². The molecule has 3 amide bonds. The van der Waals surface area contributed by atoms with E-state index >= 15 is 0 Å². The fraction of sp³-hybridized carbons (Fsp3) is 0.148. The molecule has 0 unspecified atom stereocenters. The van der Waals surface area contributed by atoms with Gasteiger partial charge in [-0.1, -0.05) is 47.5 Å². The van der Waals surface area contributed by atoms with Crippen molar-refractivity contribution in [1.29, 1.82) is 0 Å². The summed E-state index contributed by atoms with van der Waals surface area (Å²) in [5, 5.41) is 5.72. The molecule has 0 saturated carbocycles. The Hall–Kier alpha value is -3.90. The van der Waals surface area contributed by atoms with Crippen LogP contribution in [-0.4, -0.2) is 17.7 Å². The molecule has 1 heterocycles. The van der Waals surface area contributed by atoms with Crippen LogP contribution in [0.1, 0.15) is 32.6 Å². The lowest BCUT2D eigenvalue weighted by atomic mass is 10.1. The van der Waals surface area contributed by atoms with Gasteiger partial charge in [-0.25, -0.2) is 4.90 Å². The molecule has 3 aromatic carbocycles. The van der Waals surface area contributed by atoms with Gasteiger partial charge in [0.05, 0.1) is 5.69 Å². The fourth-order valence-electron chi connectivity index (χ4n) is 3.65. The topological polar surface area (TPSA) is 78.5 Å². The number of carbonyl (C=O) groups is 3. The second-order valence-corrected chi connectivity index (χ2v) is 8.70. The van der Waals surface area contributed by atoms with Gasteiger partial charge in [-0.05, 0) is 74.7 Å². The van der Waals surface area contributed by atoms with Crippen molar-refractivity contribution in [3.05, 3.63) is 99.2 Å². The SMILES string of the molecule is Cc1ccc(N2C(=O)C(Cl)=C(Nc3cc(C(=O)Nc4cccc(C)c4C)ccc3C)C2=O)cc1. The van der Waals surface area contributed by atoms with Crippen molar-refractivity contribution < 1.29 is 14.4 Å². The monoisotopic (exact) mass is 473 g/mol. The van der Waals surface area contributed by atoms with Crippen LogP contribution in [0.15, 0.2) is 71.4 Å². The maximum atomic E-state index is 13.1. The largest absolute Gasteiger partial charge is 0.349 e. The second-order valence-electron chi connectivity index (χ2n) is 8.33. The Morgan fingerprint density at radius 2 is 1.53 bits per heavy atom. The number of halogens is 1. The van der Waals surface area contributed by atoms with Crippen LogP contribution in [0.5, 0.6) is 0 Å². The molecule has 0 atom stereocenters. The number of aryl methyl sites for hydroxylation is 3. The zero-order valence-corrected chi connectivity index (χ0v) is 20.1. The van der Waals surface area contributed by atoms with E-state index < -0.39 is 11.8 Å². The third-order valence-corrected chi connectivity index (χ3v) is 6.28. The van der Waals surface area contributed by atoms with Gasteiger partial charge < -0.3 is 10.6 Å². The Morgan fingerprint density at radius 1 is 0.824 bits per heavy atom. The van der Waals surface area contributed by atoms with E-state index in [1.807, 2.05) is 58.0 Å². The zero-order valence-electron chi connectivity index (χ0n) is 19.3. The molecule has 4 rings (SSSR count). The average Bonchev–Trinajstić information content (AvgIpc) is 3.02. The highest BCUT2D eigenvalue weighted by Gasteiger charge is 2.39. The molecule has 3 aromatic rings. The van der Waals surface area contributed by atoms with E-state index in [9.17, 15) is 14.4 Å². The Bertz CT molecular complexity index is 1360. The predicted molar refractivity (Wildman–Crippen MR) is 135 cm³/mol. The van der Waals surface area contributed by atoms with E-state index in [0.29, 0.717) is 16.9 Å². The maximum absolute atomic E-state index is 13.1. The molecule has 7 heteroatoms. The predicted octanol–water partition coefficient (Wildman–Crippen LogP) is 5.61. The Kier molecular flexibility index (Phi) is 6.26. The van der Waals surface area contributed by atoms with Crippen LogP contribution in [0.25, 0.3) is 0 Å². The molecule has 1 aliphatic rings. The molecule has 1 aliphatic heterocycles. The molecule has 0 spiro atoms. The summed E-state index contributed by atoms with van der Waals surface area (Å²) in [6.07, 6.45) is 0. The van der Waals surface area contributed by atoms with Crippen molar-refractivity contribution in [1.82, 2.24) is 0 Å². The molecule has 0 fully saturated rings. The molecule has 0 radical (unpaired) electrons. The van der Waals surface area contributed by atoms with Gasteiger partial charge in [-0.2, -0.15) is 0 Å².